The lowest BCUT2D eigenvalue weighted by molar-refractivity contribution is -0.154. The molecule has 3 unspecified atom stereocenters. The van der Waals surface area contributed by atoms with Gasteiger partial charge < -0.3 is 19.6 Å². The van der Waals surface area contributed by atoms with E-state index in [1.807, 2.05) is 48.9 Å². The van der Waals surface area contributed by atoms with E-state index in [-0.39, 0.29) is 30.4 Å². The van der Waals surface area contributed by atoms with Gasteiger partial charge in [-0.25, -0.2) is 4.68 Å². The number of fused-ring (bicyclic) bond motifs is 1. The van der Waals surface area contributed by atoms with E-state index in [1.165, 1.54) is 0 Å². The molecular weight excluding hydrogens is 578 g/mol. The van der Waals surface area contributed by atoms with Crippen LogP contribution in [0.1, 0.15) is 81.8 Å². The number of carbonyl (C=O) groups is 3. The van der Waals surface area contributed by atoms with E-state index >= 15 is 0 Å². The lowest BCUT2D eigenvalue weighted by Crippen LogP contribution is -2.50. The summed E-state index contributed by atoms with van der Waals surface area (Å²) < 4.78 is 9.05. The molecule has 5 rings (SSSR count). The summed E-state index contributed by atoms with van der Waals surface area (Å²) in [6.07, 6.45) is 5.99. The lowest BCUT2D eigenvalue weighted by atomic mass is 9.77. The van der Waals surface area contributed by atoms with E-state index in [0.29, 0.717) is 50.3 Å². The van der Waals surface area contributed by atoms with E-state index in [2.05, 4.69) is 26.2 Å². The van der Waals surface area contributed by atoms with Crippen LogP contribution in [0.3, 0.4) is 0 Å². The third-order valence-electron chi connectivity index (χ3n) is 8.68. The average Bonchev–Trinajstić information content (AvgIpc) is 3.55. The number of likely N-dealkylation sites (tertiary alicyclic amines) is 1. The summed E-state index contributed by atoms with van der Waals surface area (Å²) in [5.41, 5.74) is 2.62. The summed E-state index contributed by atoms with van der Waals surface area (Å²) in [5, 5.41) is 18.3. The van der Waals surface area contributed by atoms with E-state index in [1.54, 1.807) is 4.68 Å². The van der Waals surface area contributed by atoms with Crippen LogP contribution in [-0.4, -0.2) is 67.3 Å². The minimum Gasteiger partial charge on any atom is -0.487 e. The molecular formula is C29H38BrN5O5. The number of hydrogen-bond acceptors (Lipinski definition) is 6. The van der Waals surface area contributed by atoms with Gasteiger partial charge in [-0.1, -0.05) is 40.9 Å². The number of halogens is 1. The first-order valence-electron chi connectivity index (χ1n) is 14.3. The molecule has 2 fully saturated rings. The van der Waals surface area contributed by atoms with Crippen LogP contribution in [0.15, 0.2) is 22.8 Å². The smallest absolute Gasteiger partial charge is 0.307 e. The topological polar surface area (TPSA) is 118 Å². The maximum atomic E-state index is 14.1. The molecule has 0 spiro atoms. The summed E-state index contributed by atoms with van der Waals surface area (Å²) in [6.45, 7) is 7.66. The Hall–Kier alpha value is -2.95. The highest BCUT2D eigenvalue weighted by Crippen LogP contribution is 2.43. The second-order valence-corrected chi connectivity index (χ2v) is 12.5. The summed E-state index contributed by atoms with van der Waals surface area (Å²) in [6, 6.07) is 3.59. The first-order chi connectivity index (χ1) is 19.2. The standard InChI is InChI=1S/C29H38BrN5O5/c1-17(2)35-14-19(31-32-35)16-40-25-9-8-23(30)22-11-13-34(28(37)20-6-4-5-7-21(20)29(38)39)24(26(22)25)15-33-12-10-18(3)27(33)36/h8-9,14,17-18,20-21,24H,4-7,10-13,15-16H2,1-3H3,(H,38,39)/t18?,20?,21?,24-/m1/s1. The van der Waals surface area contributed by atoms with Crippen molar-refractivity contribution in [1.29, 1.82) is 0 Å². The number of aromatic nitrogens is 3. The second kappa shape index (κ2) is 11.9. The Morgan fingerprint density at radius 1 is 1.15 bits per heavy atom. The minimum atomic E-state index is -0.906. The van der Waals surface area contributed by atoms with Crippen LogP contribution in [0.5, 0.6) is 5.75 Å². The first-order valence-corrected chi connectivity index (χ1v) is 15.1. The fourth-order valence-electron chi connectivity index (χ4n) is 6.36. The molecule has 1 aliphatic carbocycles. The van der Waals surface area contributed by atoms with Crippen LogP contribution in [0, 0.1) is 17.8 Å². The zero-order valence-corrected chi connectivity index (χ0v) is 25.0. The molecule has 2 amide bonds. The van der Waals surface area contributed by atoms with Gasteiger partial charge in [0.2, 0.25) is 11.8 Å². The molecule has 3 aliphatic rings. The van der Waals surface area contributed by atoms with Crippen molar-refractivity contribution in [3.63, 3.8) is 0 Å². The molecule has 1 aromatic carbocycles. The van der Waals surface area contributed by atoms with Crippen molar-refractivity contribution >= 4 is 33.7 Å². The van der Waals surface area contributed by atoms with Gasteiger partial charge in [0.05, 0.1) is 24.1 Å². The van der Waals surface area contributed by atoms with Gasteiger partial charge in [0.25, 0.3) is 0 Å². The number of carbonyl (C=O) groups excluding carboxylic acids is 2. The molecule has 1 saturated carbocycles. The average molecular weight is 617 g/mol. The number of benzene rings is 1. The fraction of sp³-hybridized carbons (Fsp3) is 0.621. The number of hydrogen-bond donors (Lipinski definition) is 1. The summed E-state index contributed by atoms with van der Waals surface area (Å²) in [5.74, 6) is -1.61. The summed E-state index contributed by atoms with van der Waals surface area (Å²) in [4.78, 5) is 42.9. The number of nitrogens with zero attached hydrogens (tertiary/aromatic N) is 5. The normalized spacial score (nSPS) is 24.9. The van der Waals surface area contributed by atoms with Crippen molar-refractivity contribution in [3.8, 4) is 5.75 Å². The Morgan fingerprint density at radius 3 is 2.55 bits per heavy atom. The second-order valence-electron chi connectivity index (χ2n) is 11.6. The summed E-state index contributed by atoms with van der Waals surface area (Å²) in [7, 11) is 0. The van der Waals surface area contributed by atoms with Gasteiger partial charge in [-0.15, -0.1) is 5.10 Å². The molecule has 0 radical (unpaired) electrons. The highest BCUT2D eigenvalue weighted by atomic mass is 79.9. The number of ether oxygens (including phenoxy) is 1. The van der Waals surface area contributed by atoms with Crippen LogP contribution < -0.4 is 4.74 Å². The van der Waals surface area contributed by atoms with E-state index in [4.69, 9.17) is 4.74 Å². The molecule has 1 aromatic heterocycles. The number of aliphatic carboxylic acids is 1. The molecule has 0 bridgehead atoms. The molecule has 4 atom stereocenters. The van der Waals surface area contributed by atoms with Crippen molar-refractivity contribution in [2.24, 2.45) is 17.8 Å². The van der Waals surface area contributed by atoms with Gasteiger partial charge in [0.15, 0.2) is 0 Å². The lowest BCUT2D eigenvalue weighted by Gasteiger charge is -2.43. The number of amides is 2. The van der Waals surface area contributed by atoms with Crippen LogP contribution >= 0.6 is 15.9 Å². The molecule has 11 heteroatoms. The zero-order chi connectivity index (χ0) is 28.6. The molecule has 2 aliphatic heterocycles. The molecule has 3 heterocycles. The van der Waals surface area contributed by atoms with Gasteiger partial charge >= 0.3 is 5.97 Å². The van der Waals surface area contributed by atoms with E-state index in [9.17, 15) is 19.5 Å². The van der Waals surface area contributed by atoms with Gasteiger partial charge in [0.1, 0.15) is 18.1 Å². The fourth-order valence-corrected chi connectivity index (χ4v) is 6.91. The summed E-state index contributed by atoms with van der Waals surface area (Å²) >= 11 is 3.71. The Balaban J connectivity index is 1.50. The van der Waals surface area contributed by atoms with Gasteiger partial charge in [0, 0.05) is 41.6 Å². The zero-order valence-electron chi connectivity index (χ0n) is 23.4. The number of carboxylic acids is 1. The molecule has 1 N–H and O–H groups in total. The predicted molar refractivity (Wildman–Crippen MR) is 150 cm³/mol. The molecule has 216 valence electrons. The van der Waals surface area contributed by atoms with Crippen molar-refractivity contribution in [2.75, 3.05) is 19.6 Å². The predicted octanol–water partition coefficient (Wildman–Crippen LogP) is 4.39. The molecule has 2 aromatic rings. The van der Waals surface area contributed by atoms with Crippen molar-refractivity contribution in [1.82, 2.24) is 24.8 Å². The van der Waals surface area contributed by atoms with Gasteiger partial charge in [-0.2, -0.15) is 0 Å². The first kappa shape index (κ1) is 28.6. The third kappa shape index (κ3) is 5.62. The van der Waals surface area contributed by atoms with Crippen molar-refractivity contribution in [2.45, 2.75) is 78.0 Å². The highest BCUT2D eigenvalue weighted by molar-refractivity contribution is 9.10. The van der Waals surface area contributed by atoms with Crippen LogP contribution in [0.25, 0.3) is 0 Å². The Labute approximate surface area is 243 Å². The van der Waals surface area contributed by atoms with Gasteiger partial charge in [-0.05, 0) is 57.2 Å². The van der Waals surface area contributed by atoms with Crippen LogP contribution in [0.4, 0.5) is 0 Å². The minimum absolute atomic E-state index is 0.0521. The Bertz CT molecular complexity index is 1280. The quantitative estimate of drug-likeness (QED) is 0.468. The molecule has 10 nitrogen and oxygen atoms in total. The van der Waals surface area contributed by atoms with Crippen molar-refractivity contribution in [3.05, 3.63) is 39.6 Å². The van der Waals surface area contributed by atoms with Crippen molar-refractivity contribution < 1.29 is 24.2 Å². The van der Waals surface area contributed by atoms with Crippen LogP contribution in [0.2, 0.25) is 0 Å². The molecule has 1 saturated heterocycles. The number of rotatable bonds is 8. The monoisotopic (exact) mass is 615 g/mol. The van der Waals surface area contributed by atoms with E-state index in [0.717, 1.165) is 34.9 Å². The maximum Gasteiger partial charge on any atom is 0.307 e. The highest BCUT2D eigenvalue weighted by Gasteiger charge is 2.44. The largest absolute Gasteiger partial charge is 0.487 e. The van der Waals surface area contributed by atoms with Gasteiger partial charge in [-0.3, -0.25) is 14.4 Å². The number of carboxylic acid groups (broad SMARTS) is 1. The molecule has 40 heavy (non-hydrogen) atoms. The van der Waals surface area contributed by atoms with Crippen LogP contribution in [-0.2, 0) is 27.4 Å². The Morgan fingerprint density at radius 2 is 1.90 bits per heavy atom. The SMILES string of the molecule is CC1CCN(C[C@@H]2c3c(OCc4cn(C(C)C)nn4)ccc(Br)c3CCN2C(=O)C2CCCCC2C(=O)O)C1=O. The Kier molecular flexibility index (Phi) is 8.49. The maximum absolute atomic E-state index is 14.1. The van der Waals surface area contributed by atoms with E-state index < -0.39 is 23.8 Å². The third-order valence-corrected chi connectivity index (χ3v) is 9.42.